The molecule has 2 aromatic carbocycles. The van der Waals surface area contributed by atoms with Crippen molar-refractivity contribution in [3.8, 4) is 5.75 Å². The van der Waals surface area contributed by atoms with Gasteiger partial charge >= 0.3 is 0 Å². The summed E-state index contributed by atoms with van der Waals surface area (Å²) in [5.41, 5.74) is 3.38. The lowest BCUT2D eigenvalue weighted by Crippen LogP contribution is -2.58. The van der Waals surface area contributed by atoms with Crippen LogP contribution in [0.4, 0.5) is 4.39 Å². The largest absolute Gasteiger partial charge is 0.483 e. The number of benzene rings is 2. The average Bonchev–Trinajstić information content (AvgIpc) is 2.75. The third-order valence-corrected chi connectivity index (χ3v) is 6.39. The van der Waals surface area contributed by atoms with Crippen molar-refractivity contribution in [3.63, 3.8) is 0 Å². The molecule has 0 N–H and O–H groups in total. The Labute approximate surface area is 192 Å². The van der Waals surface area contributed by atoms with Crippen LogP contribution < -0.4 is 4.74 Å². The van der Waals surface area contributed by atoms with Crippen molar-refractivity contribution < 1.29 is 13.9 Å². The molecule has 32 heavy (non-hydrogen) atoms. The third-order valence-electron chi connectivity index (χ3n) is 6.39. The standard InChI is InChI=1S/C27H37FN2O2/c1-18(2)24-8-7-9-25(19(3)4)27(24)32-17-26(31)30-15-20(5)29(14-21(30)6)16-22-10-12-23(28)13-11-22/h7-13,18-21H,14-17H2,1-6H3/t20-,21+/m1/s1. The highest BCUT2D eigenvalue weighted by molar-refractivity contribution is 5.78. The van der Waals surface area contributed by atoms with E-state index >= 15 is 0 Å². The van der Waals surface area contributed by atoms with Gasteiger partial charge in [0.15, 0.2) is 6.61 Å². The summed E-state index contributed by atoms with van der Waals surface area (Å²) in [6.45, 7) is 15.1. The number of ether oxygens (including phenoxy) is 1. The van der Waals surface area contributed by atoms with Crippen molar-refractivity contribution in [2.75, 3.05) is 19.7 Å². The molecule has 1 aliphatic rings. The van der Waals surface area contributed by atoms with E-state index in [1.54, 1.807) is 0 Å². The Morgan fingerprint density at radius 3 is 2.12 bits per heavy atom. The molecule has 1 heterocycles. The fourth-order valence-electron chi connectivity index (χ4n) is 4.46. The molecule has 0 saturated carbocycles. The predicted molar refractivity (Wildman–Crippen MR) is 128 cm³/mol. The van der Waals surface area contributed by atoms with Crippen molar-refractivity contribution in [2.24, 2.45) is 0 Å². The Morgan fingerprint density at radius 2 is 1.56 bits per heavy atom. The molecule has 0 radical (unpaired) electrons. The summed E-state index contributed by atoms with van der Waals surface area (Å²) in [7, 11) is 0. The van der Waals surface area contributed by atoms with Gasteiger partial charge in [0, 0.05) is 31.7 Å². The van der Waals surface area contributed by atoms with Gasteiger partial charge in [-0.3, -0.25) is 9.69 Å². The van der Waals surface area contributed by atoms with E-state index < -0.39 is 0 Å². The van der Waals surface area contributed by atoms with Crippen molar-refractivity contribution in [2.45, 2.75) is 72.0 Å². The minimum Gasteiger partial charge on any atom is -0.483 e. The molecule has 1 saturated heterocycles. The summed E-state index contributed by atoms with van der Waals surface area (Å²) < 4.78 is 19.4. The second-order valence-corrected chi connectivity index (χ2v) is 9.66. The molecule has 0 spiro atoms. The molecule has 0 bridgehead atoms. The summed E-state index contributed by atoms with van der Waals surface area (Å²) in [6, 6.07) is 13.2. The number of rotatable bonds is 7. The van der Waals surface area contributed by atoms with Crippen LogP contribution >= 0.6 is 0 Å². The maximum atomic E-state index is 13.2. The van der Waals surface area contributed by atoms with E-state index in [1.807, 2.05) is 17.0 Å². The van der Waals surface area contributed by atoms with Gasteiger partial charge in [0.2, 0.25) is 0 Å². The highest BCUT2D eigenvalue weighted by Crippen LogP contribution is 2.34. The van der Waals surface area contributed by atoms with Crippen LogP contribution in [0, 0.1) is 5.82 Å². The molecule has 0 aromatic heterocycles. The quantitative estimate of drug-likeness (QED) is 0.564. The Hall–Kier alpha value is -2.40. The van der Waals surface area contributed by atoms with E-state index in [0.717, 1.165) is 35.5 Å². The number of hydrogen-bond acceptors (Lipinski definition) is 3. The second-order valence-electron chi connectivity index (χ2n) is 9.66. The van der Waals surface area contributed by atoms with Crippen molar-refractivity contribution in [1.82, 2.24) is 9.80 Å². The van der Waals surface area contributed by atoms with E-state index in [1.165, 1.54) is 12.1 Å². The molecule has 4 nitrogen and oxygen atoms in total. The highest BCUT2D eigenvalue weighted by atomic mass is 19.1. The number of amides is 1. The lowest BCUT2D eigenvalue weighted by molar-refractivity contribution is -0.139. The predicted octanol–water partition coefficient (Wildman–Crippen LogP) is 5.57. The molecular formula is C27H37FN2O2. The summed E-state index contributed by atoms with van der Waals surface area (Å²) in [5, 5.41) is 0. The molecule has 2 aromatic rings. The number of piperazine rings is 1. The molecule has 1 aliphatic heterocycles. The summed E-state index contributed by atoms with van der Waals surface area (Å²) in [6.07, 6.45) is 0. The molecule has 1 fully saturated rings. The maximum absolute atomic E-state index is 13.2. The van der Waals surface area contributed by atoms with Gasteiger partial charge in [-0.2, -0.15) is 0 Å². The van der Waals surface area contributed by atoms with Gasteiger partial charge in [-0.15, -0.1) is 0 Å². The Morgan fingerprint density at radius 1 is 0.969 bits per heavy atom. The first-order valence-corrected chi connectivity index (χ1v) is 11.7. The highest BCUT2D eigenvalue weighted by Gasteiger charge is 2.32. The van der Waals surface area contributed by atoms with E-state index in [9.17, 15) is 9.18 Å². The Balaban J connectivity index is 1.65. The number of para-hydroxylation sites is 1. The zero-order valence-electron chi connectivity index (χ0n) is 20.3. The van der Waals surface area contributed by atoms with Gasteiger partial charge in [0.05, 0.1) is 0 Å². The van der Waals surface area contributed by atoms with Gasteiger partial charge < -0.3 is 9.64 Å². The second kappa shape index (κ2) is 10.5. The van der Waals surface area contributed by atoms with Crippen molar-refractivity contribution in [1.29, 1.82) is 0 Å². The summed E-state index contributed by atoms with van der Waals surface area (Å²) >= 11 is 0. The van der Waals surface area contributed by atoms with Gasteiger partial charge in [-0.05, 0) is 54.5 Å². The molecule has 174 valence electrons. The third kappa shape index (κ3) is 5.69. The van der Waals surface area contributed by atoms with Crippen LogP contribution in [0.1, 0.15) is 70.1 Å². The first kappa shape index (κ1) is 24.2. The molecule has 5 heteroatoms. The molecule has 3 rings (SSSR count). The van der Waals surface area contributed by atoms with Crippen LogP contribution in [0.2, 0.25) is 0 Å². The SMILES string of the molecule is CC(C)c1cccc(C(C)C)c1OCC(=O)N1C[C@@H](C)N(Cc2ccc(F)cc2)C[C@@H]1C. The lowest BCUT2D eigenvalue weighted by atomic mass is 9.94. The summed E-state index contributed by atoms with van der Waals surface area (Å²) in [4.78, 5) is 17.4. The number of nitrogens with zero attached hydrogens (tertiary/aromatic N) is 2. The molecular weight excluding hydrogens is 403 g/mol. The van der Waals surface area contributed by atoms with Crippen LogP contribution in [0.15, 0.2) is 42.5 Å². The molecule has 0 aliphatic carbocycles. The number of carbonyl (C=O) groups is 1. The number of hydrogen-bond donors (Lipinski definition) is 0. The van der Waals surface area contributed by atoms with Crippen LogP contribution in [-0.2, 0) is 11.3 Å². The Kier molecular flexibility index (Phi) is 7.94. The minimum atomic E-state index is -0.217. The topological polar surface area (TPSA) is 32.8 Å². The smallest absolute Gasteiger partial charge is 0.260 e. The van der Waals surface area contributed by atoms with Crippen LogP contribution in [0.3, 0.4) is 0 Å². The van der Waals surface area contributed by atoms with Gasteiger partial charge in [-0.1, -0.05) is 58.0 Å². The number of carbonyl (C=O) groups excluding carboxylic acids is 1. The minimum absolute atomic E-state index is 0.0269. The first-order valence-electron chi connectivity index (χ1n) is 11.7. The van der Waals surface area contributed by atoms with Crippen LogP contribution in [0.5, 0.6) is 5.75 Å². The fourth-order valence-corrected chi connectivity index (χ4v) is 4.46. The van der Waals surface area contributed by atoms with E-state index in [2.05, 4.69) is 64.6 Å². The molecule has 1 amide bonds. The Bertz CT molecular complexity index is 884. The zero-order valence-corrected chi connectivity index (χ0v) is 20.3. The lowest BCUT2D eigenvalue weighted by Gasteiger charge is -2.44. The summed E-state index contributed by atoms with van der Waals surface area (Å²) in [5.74, 6) is 1.33. The average molecular weight is 441 g/mol. The monoisotopic (exact) mass is 440 g/mol. The first-order chi connectivity index (χ1) is 15.2. The number of halogens is 1. The molecule has 2 atom stereocenters. The fraction of sp³-hybridized carbons (Fsp3) is 0.519. The van der Waals surface area contributed by atoms with Gasteiger partial charge in [0.1, 0.15) is 11.6 Å². The van der Waals surface area contributed by atoms with Crippen molar-refractivity contribution in [3.05, 3.63) is 65.0 Å². The van der Waals surface area contributed by atoms with Crippen LogP contribution in [0.25, 0.3) is 0 Å². The van der Waals surface area contributed by atoms with Gasteiger partial charge in [-0.25, -0.2) is 4.39 Å². The van der Waals surface area contributed by atoms with E-state index in [0.29, 0.717) is 18.4 Å². The van der Waals surface area contributed by atoms with Gasteiger partial charge in [0.25, 0.3) is 5.91 Å². The van der Waals surface area contributed by atoms with E-state index in [4.69, 9.17) is 4.74 Å². The zero-order chi connectivity index (χ0) is 23.4. The van der Waals surface area contributed by atoms with Crippen LogP contribution in [-0.4, -0.2) is 47.5 Å². The normalized spacial score (nSPS) is 19.6. The molecule has 0 unspecified atom stereocenters. The maximum Gasteiger partial charge on any atom is 0.260 e. The van der Waals surface area contributed by atoms with E-state index in [-0.39, 0.29) is 30.4 Å². The van der Waals surface area contributed by atoms with Crippen molar-refractivity contribution >= 4 is 5.91 Å².